The Balaban J connectivity index is 4.02. The van der Waals surface area contributed by atoms with Crippen LogP contribution in [0.2, 0.25) is 0 Å². The number of nitrogens with one attached hydrogen (secondary N) is 1. The molecule has 1 amide bonds. The molecule has 3 atom stereocenters. The van der Waals surface area contributed by atoms with Crippen LogP contribution in [0.4, 0.5) is 0 Å². The van der Waals surface area contributed by atoms with Crippen LogP contribution in [0.5, 0.6) is 0 Å². The quantitative estimate of drug-likeness (QED) is 0.0243. The first-order chi connectivity index (χ1) is 39.0. The van der Waals surface area contributed by atoms with Crippen LogP contribution in [0.15, 0.2) is 97.2 Å². The first kappa shape index (κ1) is 77.4. The lowest BCUT2D eigenvalue weighted by atomic mass is 10.0. The molecule has 0 aromatic rings. The van der Waals surface area contributed by atoms with Crippen LogP contribution in [0.1, 0.15) is 296 Å². The molecule has 0 radical (unpaired) electrons. The molecule has 0 saturated heterocycles. The molecule has 0 aromatic heterocycles. The van der Waals surface area contributed by atoms with E-state index in [-0.39, 0.29) is 19.1 Å². The SMILES string of the molecule is CC/C=C\C/C=C\C/C=C\C/C=C\C/C=C\C/C=C\CCCCCCCCCCCCCCCCCCCCCCC(=O)NC(COP(=O)(O)OCC[N+](C)(C)C)C(O)/C=C/CC/C=C/CCCCCCCCCCCCCCC. The number of phosphoric ester groups is 1. The Morgan fingerprint density at radius 1 is 0.438 bits per heavy atom. The number of aliphatic hydroxyl groups is 1. The van der Waals surface area contributed by atoms with Gasteiger partial charge in [-0.05, 0) is 83.5 Å². The van der Waals surface area contributed by atoms with Gasteiger partial charge in [-0.2, -0.15) is 0 Å². The lowest BCUT2D eigenvalue weighted by Crippen LogP contribution is -2.45. The molecule has 0 aliphatic carbocycles. The molecule has 0 bridgehead atoms. The third kappa shape index (κ3) is 63.0. The van der Waals surface area contributed by atoms with Crippen LogP contribution in [-0.4, -0.2) is 73.4 Å². The van der Waals surface area contributed by atoms with E-state index in [9.17, 15) is 19.4 Å². The van der Waals surface area contributed by atoms with Gasteiger partial charge >= 0.3 is 7.82 Å². The fraction of sp³-hybridized carbons (Fsp3) is 0.761. The minimum atomic E-state index is -4.36. The average Bonchev–Trinajstić information content (AvgIpc) is 3.42. The van der Waals surface area contributed by atoms with Gasteiger partial charge in [0.25, 0.3) is 0 Å². The third-order valence-corrected chi connectivity index (χ3v) is 15.8. The van der Waals surface area contributed by atoms with Gasteiger partial charge in [-0.15, -0.1) is 0 Å². The van der Waals surface area contributed by atoms with Gasteiger partial charge in [0.2, 0.25) is 5.91 Å². The Labute approximate surface area is 496 Å². The molecule has 0 rings (SSSR count). The molecule has 3 N–H and O–H groups in total. The zero-order valence-corrected chi connectivity index (χ0v) is 53.9. The van der Waals surface area contributed by atoms with Crippen molar-refractivity contribution in [2.75, 3.05) is 40.9 Å². The topological polar surface area (TPSA) is 105 Å². The highest BCUT2D eigenvalue weighted by Crippen LogP contribution is 2.43. The Kier molecular flexibility index (Phi) is 59.0. The fourth-order valence-corrected chi connectivity index (χ4v) is 10.3. The highest BCUT2D eigenvalue weighted by atomic mass is 31.2. The molecule has 0 aliphatic heterocycles. The predicted molar refractivity (Wildman–Crippen MR) is 350 cm³/mol. The minimum Gasteiger partial charge on any atom is -0.387 e. The van der Waals surface area contributed by atoms with Gasteiger partial charge in [0.05, 0.1) is 39.9 Å². The molecular weight excluding hydrogens is 1010 g/mol. The number of rotatable bonds is 61. The summed E-state index contributed by atoms with van der Waals surface area (Å²) in [6.45, 7) is 4.70. The Morgan fingerprint density at radius 2 is 0.762 bits per heavy atom. The Hall–Kier alpha value is -2.58. The number of nitrogens with zero attached hydrogens (tertiary/aromatic N) is 1. The maximum absolute atomic E-state index is 13.0. The number of likely N-dealkylation sites (N-methyl/N-ethyl adjacent to an activating group) is 1. The van der Waals surface area contributed by atoms with Crippen LogP contribution in [0, 0.1) is 0 Å². The number of hydrogen-bond donors (Lipinski definition) is 3. The summed E-state index contributed by atoms with van der Waals surface area (Å²) in [6, 6.07) is -0.867. The molecule has 0 fully saturated rings. The lowest BCUT2D eigenvalue weighted by molar-refractivity contribution is -0.870. The van der Waals surface area contributed by atoms with Crippen molar-refractivity contribution in [3.05, 3.63) is 97.2 Å². The van der Waals surface area contributed by atoms with Crippen molar-refractivity contribution in [2.45, 2.75) is 309 Å². The molecule has 80 heavy (non-hydrogen) atoms. The summed E-state index contributed by atoms with van der Waals surface area (Å²) in [7, 11) is 1.56. The maximum Gasteiger partial charge on any atom is 0.472 e. The van der Waals surface area contributed by atoms with Crippen molar-refractivity contribution in [1.29, 1.82) is 0 Å². The Bertz CT molecular complexity index is 1620. The van der Waals surface area contributed by atoms with E-state index in [2.05, 4.69) is 104 Å². The van der Waals surface area contributed by atoms with Gasteiger partial charge in [0, 0.05) is 6.42 Å². The molecule has 464 valence electrons. The van der Waals surface area contributed by atoms with Gasteiger partial charge in [-0.1, -0.05) is 304 Å². The Morgan fingerprint density at radius 3 is 1.15 bits per heavy atom. The van der Waals surface area contributed by atoms with Crippen molar-refractivity contribution >= 4 is 13.7 Å². The summed E-state index contributed by atoms with van der Waals surface area (Å²) in [6.07, 6.45) is 88.4. The van der Waals surface area contributed by atoms with E-state index in [1.54, 1.807) is 6.08 Å². The van der Waals surface area contributed by atoms with E-state index in [4.69, 9.17) is 9.05 Å². The molecule has 9 heteroatoms. The molecule has 0 aromatic carbocycles. The zero-order chi connectivity index (χ0) is 58.4. The third-order valence-electron chi connectivity index (χ3n) is 14.8. The smallest absolute Gasteiger partial charge is 0.387 e. The van der Waals surface area contributed by atoms with Crippen molar-refractivity contribution in [3.63, 3.8) is 0 Å². The highest BCUT2D eigenvalue weighted by Gasteiger charge is 2.28. The second kappa shape index (κ2) is 61.0. The molecule has 8 nitrogen and oxygen atoms in total. The van der Waals surface area contributed by atoms with Gasteiger partial charge in [0.15, 0.2) is 0 Å². The molecular formula is C71H130N2O6P+. The number of hydrogen-bond acceptors (Lipinski definition) is 5. The normalized spacial score (nSPS) is 14.3. The van der Waals surface area contributed by atoms with Gasteiger partial charge < -0.3 is 19.8 Å². The lowest BCUT2D eigenvalue weighted by Gasteiger charge is -2.25. The fourth-order valence-electron chi connectivity index (χ4n) is 9.59. The summed E-state index contributed by atoms with van der Waals surface area (Å²) in [5.41, 5.74) is 0. The van der Waals surface area contributed by atoms with Crippen LogP contribution in [0.3, 0.4) is 0 Å². The second-order valence-corrected chi connectivity index (χ2v) is 25.3. The average molecular weight is 1140 g/mol. The summed E-state index contributed by atoms with van der Waals surface area (Å²) in [5.74, 6) is -0.185. The number of carbonyl (C=O) groups is 1. The number of amides is 1. The number of unbranched alkanes of at least 4 members (excludes halogenated alkanes) is 34. The van der Waals surface area contributed by atoms with Crippen molar-refractivity contribution < 1.29 is 32.9 Å². The number of carbonyl (C=O) groups excluding carboxylic acids is 1. The van der Waals surface area contributed by atoms with E-state index >= 15 is 0 Å². The van der Waals surface area contributed by atoms with Gasteiger partial charge in [-0.25, -0.2) is 4.57 Å². The van der Waals surface area contributed by atoms with Crippen molar-refractivity contribution in [2.24, 2.45) is 0 Å². The predicted octanol–water partition coefficient (Wildman–Crippen LogP) is 21.3. The molecule has 3 unspecified atom stereocenters. The standard InChI is InChI=1S/C71H129N2O6P/c1-6-8-10-12-14-16-18-20-22-24-26-27-28-29-30-31-32-33-34-35-36-37-38-39-40-41-42-43-44-45-47-49-51-53-55-57-59-61-63-65-71(75)72-69(68-79-80(76,77)78-67-66-73(3,4)5)70(74)64-62-60-58-56-54-52-50-48-46-25-23-21-19-17-15-13-11-9-7-2/h8,10,14,16,20,22,26-27,29-30,32-33,54,56,62,64,69-70,74H,6-7,9,11-13,15,17-19,21,23-25,28,31,34-53,55,57-61,63,65-68H2,1-5H3,(H-,72,75,76,77)/p+1/b10-8-,16-14-,22-20-,27-26-,30-29-,33-32-,56-54+,64-62+. The number of quaternary nitrogens is 1. The zero-order valence-electron chi connectivity index (χ0n) is 53.0. The highest BCUT2D eigenvalue weighted by molar-refractivity contribution is 7.47. The monoisotopic (exact) mass is 1140 g/mol. The molecule has 0 saturated carbocycles. The summed E-state index contributed by atoms with van der Waals surface area (Å²) < 4.78 is 23.8. The first-order valence-electron chi connectivity index (χ1n) is 33.6. The van der Waals surface area contributed by atoms with E-state index in [1.165, 1.54) is 199 Å². The number of allylic oxidation sites excluding steroid dienone is 15. The number of phosphoric acid groups is 1. The second-order valence-electron chi connectivity index (χ2n) is 23.8. The summed E-state index contributed by atoms with van der Waals surface area (Å²) in [5, 5.41) is 14.0. The van der Waals surface area contributed by atoms with Crippen LogP contribution < -0.4 is 5.32 Å². The van der Waals surface area contributed by atoms with Gasteiger partial charge in [-0.3, -0.25) is 13.8 Å². The summed E-state index contributed by atoms with van der Waals surface area (Å²) in [4.78, 5) is 23.4. The van der Waals surface area contributed by atoms with Gasteiger partial charge in [0.1, 0.15) is 13.2 Å². The maximum atomic E-state index is 13.0. The van der Waals surface area contributed by atoms with E-state index in [1.807, 2.05) is 27.2 Å². The summed E-state index contributed by atoms with van der Waals surface area (Å²) >= 11 is 0. The molecule has 0 aliphatic rings. The van der Waals surface area contributed by atoms with Crippen molar-refractivity contribution in [3.8, 4) is 0 Å². The van der Waals surface area contributed by atoms with Crippen LogP contribution in [0.25, 0.3) is 0 Å². The molecule has 0 heterocycles. The van der Waals surface area contributed by atoms with Crippen LogP contribution in [-0.2, 0) is 18.4 Å². The first-order valence-corrected chi connectivity index (χ1v) is 35.1. The van der Waals surface area contributed by atoms with E-state index in [0.717, 1.165) is 77.0 Å². The molecule has 0 spiro atoms. The minimum absolute atomic E-state index is 0.0548. The van der Waals surface area contributed by atoms with E-state index in [0.29, 0.717) is 17.4 Å². The number of aliphatic hydroxyl groups excluding tert-OH is 1. The van der Waals surface area contributed by atoms with Crippen molar-refractivity contribution in [1.82, 2.24) is 5.32 Å². The van der Waals surface area contributed by atoms with Crippen LogP contribution >= 0.6 is 7.82 Å². The van der Waals surface area contributed by atoms with E-state index < -0.39 is 20.0 Å². The largest absolute Gasteiger partial charge is 0.472 e.